The molecule has 9 nitrogen and oxygen atoms in total. The van der Waals surface area contributed by atoms with Gasteiger partial charge in [-0.05, 0) is 70.6 Å². The molecule has 1 aliphatic rings. The van der Waals surface area contributed by atoms with Gasteiger partial charge in [-0.25, -0.2) is 0 Å². The van der Waals surface area contributed by atoms with Crippen LogP contribution in [0.5, 0.6) is 0 Å². The molecule has 1 fully saturated rings. The summed E-state index contributed by atoms with van der Waals surface area (Å²) in [7, 11) is 0. The Kier molecular flexibility index (Phi) is 40.1. The molecular formula is C54H93NO8. The Morgan fingerprint density at radius 3 is 1.46 bits per heavy atom. The largest absolute Gasteiger partial charge is 0.394 e. The molecule has 0 radical (unpaired) electrons. The van der Waals surface area contributed by atoms with Gasteiger partial charge in [0.2, 0.25) is 5.91 Å². The summed E-state index contributed by atoms with van der Waals surface area (Å²) in [4.78, 5) is 12.9. The second kappa shape index (κ2) is 43.3. The van der Waals surface area contributed by atoms with Gasteiger partial charge in [0, 0.05) is 6.42 Å². The van der Waals surface area contributed by atoms with Crippen molar-refractivity contribution in [3.05, 3.63) is 85.1 Å². The number of rotatable bonds is 41. The average Bonchev–Trinajstić information content (AvgIpc) is 3.28. The Morgan fingerprint density at radius 1 is 0.556 bits per heavy atom. The van der Waals surface area contributed by atoms with E-state index < -0.39 is 49.5 Å². The summed E-state index contributed by atoms with van der Waals surface area (Å²) in [5.74, 6) is -0.156. The highest BCUT2D eigenvalue weighted by molar-refractivity contribution is 5.76. The lowest BCUT2D eigenvalue weighted by Crippen LogP contribution is -2.60. The van der Waals surface area contributed by atoms with E-state index in [0.29, 0.717) is 12.8 Å². The predicted octanol–water partition coefficient (Wildman–Crippen LogP) is 11.5. The van der Waals surface area contributed by atoms with Crippen LogP contribution in [0.2, 0.25) is 0 Å². The highest BCUT2D eigenvalue weighted by atomic mass is 16.7. The van der Waals surface area contributed by atoms with Crippen molar-refractivity contribution >= 4 is 5.91 Å². The topological polar surface area (TPSA) is 149 Å². The molecule has 6 N–H and O–H groups in total. The zero-order chi connectivity index (χ0) is 45.9. The molecule has 362 valence electrons. The van der Waals surface area contributed by atoms with Crippen LogP contribution in [0.3, 0.4) is 0 Å². The molecule has 0 aliphatic carbocycles. The van der Waals surface area contributed by atoms with Crippen LogP contribution in [0.15, 0.2) is 85.1 Å². The molecule has 1 heterocycles. The molecule has 0 aromatic heterocycles. The third-order valence-corrected chi connectivity index (χ3v) is 11.5. The maximum atomic E-state index is 12.9. The summed E-state index contributed by atoms with van der Waals surface area (Å²) in [6, 6.07) is -0.722. The first kappa shape index (κ1) is 58.4. The lowest BCUT2D eigenvalue weighted by molar-refractivity contribution is -0.302. The first-order valence-corrected chi connectivity index (χ1v) is 25.3. The van der Waals surface area contributed by atoms with E-state index >= 15 is 0 Å². The molecule has 0 aromatic rings. The zero-order valence-corrected chi connectivity index (χ0v) is 39.8. The average molecular weight is 884 g/mol. The van der Waals surface area contributed by atoms with Gasteiger partial charge in [0.25, 0.3) is 0 Å². The normalized spacial score (nSPS) is 20.9. The van der Waals surface area contributed by atoms with Crippen LogP contribution < -0.4 is 5.32 Å². The molecule has 1 aliphatic heterocycles. The number of carbonyl (C=O) groups excluding carboxylic acids is 1. The highest BCUT2D eigenvalue weighted by Crippen LogP contribution is 2.23. The fraction of sp³-hybridized carbons (Fsp3) is 0.722. The van der Waals surface area contributed by atoms with E-state index in [0.717, 1.165) is 89.9 Å². The van der Waals surface area contributed by atoms with Crippen LogP contribution in [0.25, 0.3) is 0 Å². The molecule has 0 bridgehead atoms. The molecule has 1 amide bonds. The number of hydrogen-bond acceptors (Lipinski definition) is 8. The number of ether oxygens (including phenoxy) is 2. The molecule has 9 heteroatoms. The van der Waals surface area contributed by atoms with Gasteiger partial charge in [-0.2, -0.15) is 0 Å². The minimum atomic E-state index is -1.55. The van der Waals surface area contributed by atoms with E-state index in [1.165, 1.54) is 77.0 Å². The molecular weight excluding hydrogens is 791 g/mol. The fourth-order valence-electron chi connectivity index (χ4n) is 7.49. The van der Waals surface area contributed by atoms with Crippen molar-refractivity contribution < 1.29 is 39.8 Å². The third-order valence-electron chi connectivity index (χ3n) is 11.5. The van der Waals surface area contributed by atoms with Crippen LogP contribution in [-0.2, 0) is 14.3 Å². The number of nitrogens with one attached hydrogen (secondary N) is 1. The summed E-state index contributed by atoms with van der Waals surface area (Å²) < 4.78 is 11.2. The minimum absolute atomic E-state index is 0.144. The van der Waals surface area contributed by atoms with Crippen molar-refractivity contribution in [2.75, 3.05) is 13.2 Å². The maximum Gasteiger partial charge on any atom is 0.220 e. The van der Waals surface area contributed by atoms with Gasteiger partial charge in [-0.15, -0.1) is 0 Å². The van der Waals surface area contributed by atoms with Gasteiger partial charge >= 0.3 is 0 Å². The Labute approximate surface area is 384 Å². The fourth-order valence-corrected chi connectivity index (χ4v) is 7.49. The molecule has 7 unspecified atom stereocenters. The van der Waals surface area contributed by atoms with E-state index in [2.05, 4.69) is 104 Å². The summed E-state index contributed by atoms with van der Waals surface area (Å²) in [5, 5.41) is 54.1. The van der Waals surface area contributed by atoms with E-state index in [4.69, 9.17) is 9.47 Å². The number of aliphatic hydroxyl groups is 5. The Morgan fingerprint density at radius 2 is 0.984 bits per heavy atom. The van der Waals surface area contributed by atoms with E-state index in [1.54, 1.807) is 0 Å². The minimum Gasteiger partial charge on any atom is -0.394 e. The predicted molar refractivity (Wildman–Crippen MR) is 262 cm³/mol. The highest BCUT2D eigenvalue weighted by Gasteiger charge is 2.44. The van der Waals surface area contributed by atoms with Gasteiger partial charge in [0.15, 0.2) is 6.29 Å². The van der Waals surface area contributed by atoms with Crippen molar-refractivity contribution in [3.63, 3.8) is 0 Å². The standard InChI is InChI=1S/C54H93NO8/c1-3-5-7-9-11-12-13-14-15-16-17-18-19-20-21-22-23-24-25-26-27-28-29-30-31-32-33-34-35-36-38-40-42-44-50(58)55-47(48(57)43-41-39-37-10-8-6-4-2)46-62-54-53(61)52(60)51(59)49(45-56)63-54/h5,7,11-12,14-15,17-18,20-21,23-24,26-27,47-49,51-54,56-57,59-61H,3-4,6,8-10,13,16,19,22,25,28-46H2,1-2H3,(H,55,58)/b7-5-,12-11-,15-14-,18-17-,21-20-,24-23-,27-26-. The summed E-state index contributed by atoms with van der Waals surface area (Å²) >= 11 is 0. The molecule has 0 saturated carbocycles. The molecule has 63 heavy (non-hydrogen) atoms. The van der Waals surface area contributed by atoms with Gasteiger partial charge in [-0.1, -0.05) is 202 Å². The van der Waals surface area contributed by atoms with Crippen molar-refractivity contribution in [3.8, 4) is 0 Å². The van der Waals surface area contributed by atoms with E-state index in [1.807, 2.05) is 0 Å². The Bertz CT molecular complexity index is 1260. The number of unbranched alkanes of at least 4 members (excludes halogenated alkanes) is 17. The van der Waals surface area contributed by atoms with Gasteiger partial charge in [0.1, 0.15) is 24.4 Å². The lowest BCUT2D eigenvalue weighted by Gasteiger charge is -2.40. The van der Waals surface area contributed by atoms with Gasteiger partial charge in [0.05, 0.1) is 25.4 Å². The number of carbonyl (C=O) groups is 1. The lowest BCUT2D eigenvalue weighted by atomic mass is 9.99. The Hall–Kier alpha value is -2.63. The number of hydrogen-bond donors (Lipinski definition) is 6. The molecule has 0 aromatic carbocycles. The number of amides is 1. The van der Waals surface area contributed by atoms with Crippen LogP contribution in [0.1, 0.15) is 194 Å². The quantitative estimate of drug-likeness (QED) is 0.0263. The van der Waals surface area contributed by atoms with Crippen molar-refractivity contribution in [1.29, 1.82) is 0 Å². The molecule has 1 saturated heterocycles. The smallest absolute Gasteiger partial charge is 0.220 e. The number of aliphatic hydroxyl groups excluding tert-OH is 5. The maximum absolute atomic E-state index is 12.9. The van der Waals surface area contributed by atoms with Crippen LogP contribution in [-0.4, -0.2) is 87.5 Å². The molecule has 1 rings (SSSR count). The number of allylic oxidation sites excluding steroid dienone is 14. The summed E-state index contributed by atoms with van der Waals surface area (Å²) in [6.07, 6.45) is 53.5. The van der Waals surface area contributed by atoms with Gasteiger partial charge in [-0.3, -0.25) is 4.79 Å². The van der Waals surface area contributed by atoms with Crippen molar-refractivity contribution in [2.24, 2.45) is 0 Å². The van der Waals surface area contributed by atoms with Crippen molar-refractivity contribution in [2.45, 2.75) is 236 Å². The second-order valence-corrected chi connectivity index (χ2v) is 17.2. The SMILES string of the molecule is CC/C=C\C/C=C\C/C=C\C/C=C\C/C=C\C/C=C\C/C=C\CCCCCCCCCCCCCC(=O)NC(COC1OC(CO)C(O)C(O)C1O)C(O)CCCCCCCCC. The Balaban J connectivity index is 2.11. The van der Waals surface area contributed by atoms with E-state index in [-0.39, 0.29) is 12.5 Å². The third kappa shape index (κ3) is 33.5. The first-order chi connectivity index (χ1) is 30.8. The first-order valence-electron chi connectivity index (χ1n) is 25.3. The monoisotopic (exact) mass is 884 g/mol. The van der Waals surface area contributed by atoms with Crippen molar-refractivity contribution in [1.82, 2.24) is 5.32 Å². The van der Waals surface area contributed by atoms with Crippen LogP contribution in [0, 0.1) is 0 Å². The molecule has 0 spiro atoms. The summed E-state index contributed by atoms with van der Waals surface area (Å²) in [6.45, 7) is 3.65. The van der Waals surface area contributed by atoms with Crippen LogP contribution in [0.4, 0.5) is 0 Å². The van der Waals surface area contributed by atoms with Gasteiger partial charge < -0.3 is 40.3 Å². The summed E-state index contributed by atoms with van der Waals surface area (Å²) in [5.41, 5.74) is 0. The van der Waals surface area contributed by atoms with E-state index in [9.17, 15) is 30.3 Å². The molecule has 7 atom stereocenters. The zero-order valence-electron chi connectivity index (χ0n) is 39.8. The second-order valence-electron chi connectivity index (χ2n) is 17.2. The van der Waals surface area contributed by atoms with Crippen LogP contribution >= 0.6 is 0 Å².